The minimum atomic E-state index is -4.77. The van der Waals surface area contributed by atoms with Crippen LogP contribution in [0.3, 0.4) is 0 Å². The van der Waals surface area contributed by atoms with Gasteiger partial charge in [-0.15, -0.1) is 0 Å². The SMILES string of the molecule is CCNC(=O)[C@H](Cc1ccccc1)N(Cc1ccccc1Cl)C(=O)CN(c1cccc(C(F)(F)F)c1)S(=O)(=O)c1ccccc1. The van der Waals surface area contributed by atoms with Crippen LogP contribution >= 0.6 is 11.6 Å². The van der Waals surface area contributed by atoms with Crippen LogP contribution in [0.1, 0.15) is 23.6 Å². The lowest BCUT2D eigenvalue weighted by Gasteiger charge is -2.34. The molecule has 0 saturated heterocycles. The average Bonchev–Trinajstić information content (AvgIpc) is 3.03. The molecule has 7 nitrogen and oxygen atoms in total. The smallest absolute Gasteiger partial charge is 0.355 e. The predicted molar refractivity (Wildman–Crippen MR) is 167 cm³/mol. The Labute approximate surface area is 265 Å². The Kier molecular flexibility index (Phi) is 10.9. The first-order valence-electron chi connectivity index (χ1n) is 14.0. The Morgan fingerprint density at radius 3 is 2.11 bits per heavy atom. The first kappa shape index (κ1) is 33.5. The lowest BCUT2D eigenvalue weighted by Crippen LogP contribution is -2.53. The number of amides is 2. The number of hydrogen-bond acceptors (Lipinski definition) is 4. The second-order valence-electron chi connectivity index (χ2n) is 10.1. The number of rotatable bonds is 12. The summed E-state index contributed by atoms with van der Waals surface area (Å²) in [6.07, 6.45) is -4.69. The highest BCUT2D eigenvalue weighted by Gasteiger charge is 2.36. The molecule has 4 aromatic rings. The highest BCUT2D eigenvalue weighted by molar-refractivity contribution is 7.92. The van der Waals surface area contributed by atoms with Gasteiger partial charge < -0.3 is 10.2 Å². The maximum Gasteiger partial charge on any atom is 0.416 e. The number of anilines is 1. The third-order valence-corrected chi connectivity index (χ3v) is 9.15. The van der Waals surface area contributed by atoms with Gasteiger partial charge in [-0.1, -0.05) is 84.4 Å². The maximum atomic E-state index is 14.3. The van der Waals surface area contributed by atoms with Crippen molar-refractivity contribution in [2.75, 3.05) is 17.4 Å². The summed E-state index contributed by atoms with van der Waals surface area (Å²) in [5.74, 6) is -1.31. The van der Waals surface area contributed by atoms with E-state index in [4.69, 9.17) is 11.6 Å². The molecule has 0 aromatic heterocycles. The van der Waals surface area contributed by atoms with Crippen molar-refractivity contribution in [2.45, 2.75) is 37.0 Å². The van der Waals surface area contributed by atoms with Crippen LogP contribution in [-0.4, -0.2) is 44.3 Å². The van der Waals surface area contributed by atoms with E-state index in [1.807, 2.05) is 0 Å². The van der Waals surface area contributed by atoms with Crippen LogP contribution in [-0.2, 0) is 38.8 Å². The van der Waals surface area contributed by atoms with Crippen molar-refractivity contribution in [3.63, 3.8) is 0 Å². The van der Waals surface area contributed by atoms with Gasteiger partial charge in [0.15, 0.2) is 0 Å². The van der Waals surface area contributed by atoms with E-state index in [1.165, 1.54) is 35.2 Å². The highest BCUT2D eigenvalue weighted by Crippen LogP contribution is 2.33. The normalized spacial score (nSPS) is 12.3. The summed E-state index contributed by atoms with van der Waals surface area (Å²) in [7, 11) is -4.55. The molecule has 0 saturated carbocycles. The number of halogens is 4. The van der Waals surface area contributed by atoms with Crippen molar-refractivity contribution >= 4 is 39.1 Å². The van der Waals surface area contributed by atoms with Gasteiger partial charge in [0.25, 0.3) is 10.0 Å². The van der Waals surface area contributed by atoms with E-state index in [9.17, 15) is 31.2 Å². The van der Waals surface area contributed by atoms with Crippen molar-refractivity contribution in [1.29, 1.82) is 0 Å². The molecule has 0 radical (unpaired) electrons. The van der Waals surface area contributed by atoms with E-state index in [2.05, 4.69) is 5.32 Å². The standard InChI is InChI=1S/C33H31ClF3N3O4S/c1-2-38-32(42)30(20-24-12-5-3-6-13-24)39(22-25-14-9-10-19-29(25)34)31(41)23-40(45(43,44)28-17-7-4-8-18-28)27-16-11-15-26(21-27)33(35,36)37/h3-19,21,30H,2,20,22-23H2,1H3,(H,38,42)/t30-/m0/s1. The van der Waals surface area contributed by atoms with E-state index >= 15 is 0 Å². The summed E-state index contributed by atoms with van der Waals surface area (Å²) < 4.78 is 69.6. The molecule has 2 amide bonds. The van der Waals surface area contributed by atoms with E-state index in [0.29, 0.717) is 21.0 Å². The molecule has 1 N–H and O–H groups in total. The molecule has 0 aliphatic rings. The summed E-state index contributed by atoms with van der Waals surface area (Å²) in [4.78, 5) is 28.8. The molecule has 0 aliphatic heterocycles. The second-order valence-corrected chi connectivity index (χ2v) is 12.4. The zero-order valence-corrected chi connectivity index (χ0v) is 25.8. The Balaban J connectivity index is 1.84. The van der Waals surface area contributed by atoms with Crippen LogP contribution in [0.2, 0.25) is 5.02 Å². The number of likely N-dealkylation sites (N-methyl/N-ethyl adjacent to an activating group) is 1. The molecule has 45 heavy (non-hydrogen) atoms. The van der Waals surface area contributed by atoms with Crippen LogP contribution in [0.15, 0.2) is 114 Å². The summed E-state index contributed by atoms with van der Waals surface area (Å²) in [6, 6.07) is 25.4. The predicted octanol–water partition coefficient (Wildman–Crippen LogP) is 6.33. The van der Waals surface area contributed by atoms with Crippen molar-refractivity contribution < 1.29 is 31.2 Å². The largest absolute Gasteiger partial charge is 0.416 e. The molecule has 12 heteroatoms. The molecule has 0 fully saturated rings. The van der Waals surface area contributed by atoms with Crippen LogP contribution in [0.25, 0.3) is 0 Å². The Hall–Kier alpha value is -4.35. The van der Waals surface area contributed by atoms with Crippen molar-refractivity contribution in [3.8, 4) is 0 Å². The number of hydrogen-bond donors (Lipinski definition) is 1. The van der Waals surface area contributed by atoms with E-state index in [0.717, 1.165) is 17.7 Å². The molecule has 4 rings (SSSR count). The number of benzene rings is 4. The average molecular weight is 658 g/mol. The lowest BCUT2D eigenvalue weighted by atomic mass is 10.0. The van der Waals surface area contributed by atoms with Crippen LogP contribution < -0.4 is 9.62 Å². The molecule has 0 spiro atoms. The number of alkyl halides is 3. The molecule has 0 bridgehead atoms. The summed E-state index contributed by atoms with van der Waals surface area (Å²) in [5, 5.41) is 3.06. The van der Waals surface area contributed by atoms with Crippen molar-refractivity contribution in [3.05, 3.63) is 131 Å². The molecule has 0 heterocycles. The first-order valence-corrected chi connectivity index (χ1v) is 15.8. The zero-order valence-electron chi connectivity index (χ0n) is 24.2. The minimum absolute atomic E-state index is 0.0812. The van der Waals surface area contributed by atoms with Crippen LogP contribution in [0.5, 0.6) is 0 Å². The molecular weight excluding hydrogens is 627 g/mol. The molecule has 4 aromatic carbocycles. The Morgan fingerprint density at radius 1 is 0.867 bits per heavy atom. The number of nitrogens with one attached hydrogen (secondary N) is 1. The Morgan fingerprint density at radius 2 is 1.49 bits per heavy atom. The summed E-state index contributed by atoms with van der Waals surface area (Å²) in [5.41, 5.74) is -0.223. The maximum absolute atomic E-state index is 14.3. The quantitative estimate of drug-likeness (QED) is 0.193. The fraction of sp³-hybridized carbons (Fsp3) is 0.212. The van der Waals surface area contributed by atoms with Gasteiger partial charge in [-0.3, -0.25) is 13.9 Å². The van der Waals surface area contributed by atoms with Gasteiger partial charge >= 0.3 is 6.18 Å². The Bertz CT molecular complexity index is 1720. The zero-order chi connectivity index (χ0) is 32.6. The van der Waals surface area contributed by atoms with Gasteiger partial charge in [-0.2, -0.15) is 13.2 Å². The third kappa shape index (κ3) is 8.43. The van der Waals surface area contributed by atoms with Gasteiger partial charge in [0.2, 0.25) is 11.8 Å². The van der Waals surface area contributed by atoms with Crippen molar-refractivity contribution in [1.82, 2.24) is 10.2 Å². The fourth-order valence-corrected chi connectivity index (χ4v) is 6.36. The topological polar surface area (TPSA) is 86.8 Å². The van der Waals surface area contributed by atoms with Gasteiger partial charge in [0.1, 0.15) is 12.6 Å². The second kappa shape index (κ2) is 14.6. The number of carbonyl (C=O) groups is 2. The van der Waals surface area contributed by atoms with Crippen LogP contribution in [0, 0.1) is 0 Å². The van der Waals surface area contributed by atoms with Crippen LogP contribution in [0.4, 0.5) is 18.9 Å². The number of sulfonamides is 1. The summed E-state index contributed by atoms with van der Waals surface area (Å²) in [6.45, 7) is 0.916. The third-order valence-electron chi connectivity index (χ3n) is 6.99. The molecule has 0 aliphatic carbocycles. The van der Waals surface area contributed by atoms with Gasteiger partial charge in [-0.25, -0.2) is 8.42 Å². The van der Waals surface area contributed by atoms with E-state index in [-0.39, 0.29) is 30.1 Å². The van der Waals surface area contributed by atoms with E-state index in [1.54, 1.807) is 67.6 Å². The molecule has 236 valence electrons. The molecule has 0 unspecified atom stereocenters. The fourth-order valence-electron chi connectivity index (χ4n) is 4.74. The monoisotopic (exact) mass is 657 g/mol. The number of nitrogens with zero attached hydrogens (tertiary/aromatic N) is 2. The lowest BCUT2D eigenvalue weighted by molar-refractivity contribution is -0.140. The molecule has 1 atom stereocenters. The highest BCUT2D eigenvalue weighted by atomic mass is 35.5. The number of carbonyl (C=O) groups excluding carboxylic acids is 2. The van der Waals surface area contributed by atoms with Gasteiger partial charge in [-0.05, 0) is 54.4 Å². The minimum Gasteiger partial charge on any atom is -0.355 e. The molecular formula is C33H31ClF3N3O4S. The first-order chi connectivity index (χ1) is 21.4. The summed E-state index contributed by atoms with van der Waals surface area (Å²) >= 11 is 6.44. The van der Waals surface area contributed by atoms with E-state index < -0.39 is 46.2 Å². The van der Waals surface area contributed by atoms with Crippen molar-refractivity contribution in [2.24, 2.45) is 0 Å². The van der Waals surface area contributed by atoms with Gasteiger partial charge in [0.05, 0.1) is 16.1 Å². The van der Waals surface area contributed by atoms with Gasteiger partial charge in [0, 0.05) is 24.5 Å².